The molecule has 1 heterocycles. The van der Waals surface area contributed by atoms with Gasteiger partial charge in [0.05, 0.1) is 11.9 Å². The standard InChI is InChI=1S/C15H19N5OS/c1-4-20-13(14(16)21)12(8-17-20)19-15(22)18-11-6-5-9(2)7-10(11)3/h5-8H,4H2,1-3H3,(H2,16,21)(H2,18,19,22). The number of benzene rings is 1. The molecule has 0 bridgehead atoms. The van der Waals surface area contributed by atoms with E-state index in [2.05, 4.69) is 21.8 Å². The Morgan fingerprint density at radius 3 is 2.59 bits per heavy atom. The van der Waals surface area contributed by atoms with Crippen LogP contribution in [-0.2, 0) is 6.54 Å². The third-order valence-corrected chi connectivity index (χ3v) is 3.45. The first-order valence-electron chi connectivity index (χ1n) is 6.93. The summed E-state index contributed by atoms with van der Waals surface area (Å²) in [6.45, 7) is 6.47. The normalized spacial score (nSPS) is 10.3. The van der Waals surface area contributed by atoms with E-state index in [1.807, 2.05) is 32.9 Å². The summed E-state index contributed by atoms with van der Waals surface area (Å²) >= 11 is 5.29. The Bertz CT molecular complexity index is 723. The molecular weight excluding hydrogens is 298 g/mol. The Morgan fingerprint density at radius 1 is 1.32 bits per heavy atom. The van der Waals surface area contributed by atoms with E-state index in [4.69, 9.17) is 18.0 Å². The number of carbonyl (C=O) groups is 1. The molecule has 0 radical (unpaired) electrons. The third kappa shape index (κ3) is 3.43. The summed E-state index contributed by atoms with van der Waals surface area (Å²) < 4.78 is 1.53. The molecule has 2 rings (SSSR count). The van der Waals surface area contributed by atoms with Crippen molar-refractivity contribution in [2.45, 2.75) is 27.3 Å². The smallest absolute Gasteiger partial charge is 0.269 e. The lowest BCUT2D eigenvalue weighted by atomic mass is 10.1. The van der Waals surface area contributed by atoms with Crippen LogP contribution in [0.25, 0.3) is 0 Å². The number of nitrogens with two attached hydrogens (primary N) is 1. The average Bonchev–Trinajstić information content (AvgIpc) is 2.84. The van der Waals surface area contributed by atoms with E-state index in [0.29, 0.717) is 23.0 Å². The summed E-state index contributed by atoms with van der Waals surface area (Å²) in [5.41, 5.74) is 9.39. The van der Waals surface area contributed by atoms with E-state index in [0.717, 1.165) is 11.3 Å². The Morgan fingerprint density at radius 2 is 2.00 bits per heavy atom. The van der Waals surface area contributed by atoms with Crippen LogP contribution in [0.15, 0.2) is 24.4 Å². The zero-order valence-corrected chi connectivity index (χ0v) is 13.6. The molecule has 0 saturated heterocycles. The molecule has 7 heteroatoms. The van der Waals surface area contributed by atoms with Crippen LogP contribution in [0.5, 0.6) is 0 Å². The number of carbonyl (C=O) groups excluding carboxylic acids is 1. The molecule has 0 aliphatic carbocycles. The second-order valence-corrected chi connectivity index (χ2v) is 5.39. The van der Waals surface area contributed by atoms with E-state index in [1.54, 1.807) is 6.20 Å². The molecule has 0 spiro atoms. The fraction of sp³-hybridized carbons (Fsp3) is 0.267. The van der Waals surface area contributed by atoms with Crippen LogP contribution >= 0.6 is 12.2 Å². The van der Waals surface area contributed by atoms with Crippen LogP contribution < -0.4 is 16.4 Å². The summed E-state index contributed by atoms with van der Waals surface area (Å²) in [5.74, 6) is -0.545. The number of thiocarbonyl (C=S) groups is 1. The van der Waals surface area contributed by atoms with E-state index < -0.39 is 5.91 Å². The van der Waals surface area contributed by atoms with Crippen molar-refractivity contribution in [3.63, 3.8) is 0 Å². The molecule has 0 aliphatic heterocycles. The Balaban J connectivity index is 2.16. The molecule has 2 aromatic rings. The maximum absolute atomic E-state index is 11.6. The molecule has 1 amide bonds. The molecule has 0 saturated carbocycles. The summed E-state index contributed by atoms with van der Waals surface area (Å²) in [4.78, 5) is 11.6. The van der Waals surface area contributed by atoms with Crippen molar-refractivity contribution in [3.8, 4) is 0 Å². The molecule has 116 valence electrons. The highest BCUT2D eigenvalue weighted by Crippen LogP contribution is 2.18. The van der Waals surface area contributed by atoms with Gasteiger partial charge in [-0.2, -0.15) is 5.10 Å². The largest absolute Gasteiger partial charge is 0.364 e. The van der Waals surface area contributed by atoms with E-state index in [-0.39, 0.29) is 0 Å². The SMILES string of the molecule is CCn1ncc(NC(=S)Nc2ccc(C)cc2C)c1C(N)=O. The second-order valence-electron chi connectivity index (χ2n) is 4.98. The minimum atomic E-state index is -0.545. The maximum Gasteiger partial charge on any atom is 0.269 e. The third-order valence-electron chi connectivity index (χ3n) is 3.25. The van der Waals surface area contributed by atoms with Crippen molar-refractivity contribution in [1.29, 1.82) is 0 Å². The Labute approximate surface area is 134 Å². The molecule has 0 atom stereocenters. The van der Waals surface area contributed by atoms with Gasteiger partial charge in [0, 0.05) is 12.2 Å². The van der Waals surface area contributed by atoms with Gasteiger partial charge in [0.15, 0.2) is 5.11 Å². The number of anilines is 2. The molecule has 0 aliphatic rings. The summed E-state index contributed by atoms with van der Waals surface area (Å²) in [7, 11) is 0. The molecule has 4 N–H and O–H groups in total. The monoisotopic (exact) mass is 317 g/mol. The van der Waals surface area contributed by atoms with Crippen molar-refractivity contribution < 1.29 is 4.79 Å². The van der Waals surface area contributed by atoms with Gasteiger partial charge in [-0.25, -0.2) is 0 Å². The van der Waals surface area contributed by atoms with Crippen molar-refractivity contribution >= 4 is 34.6 Å². The fourth-order valence-electron chi connectivity index (χ4n) is 2.21. The average molecular weight is 317 g/mol. The highest BCUT2D eigenvalue weighted by atomic mass is 32.1. The molecule has 0 unspecified atom stereocenters. The van der Waals surface area contributed by atoms with Crippen LogP contribution in [0, 0.1) is 13.8 Å². The topological polar surface area (TPSA) is 85.0 Å². The van der Waals surface area contributed by atoms with Crippen LogP contribution in [0.1, 0.15) is 28.5 Å². The van der Waals surface area contributed by atoms with Gasteiger partial charge in [-0.15, -0.1) is 0 Å². The van der Waals surface area contributed by atoms with Crippen LogP contribution in [0.4, 0.5) is 11.4 Å². The number of primary amides is 1. The van der Waals surface area contributed by atoms with E-state index in [9.17, 15) is 4.79 Å². The van der Waals surface area contributed by atoms with Crippen molar-refractivity contribution in [2.24, 2.45) is 5.73 Å². The second kappa shape index (κ2) is 6.57. The summed E-state index contributed by atoms with van der Waals surface area (Å²) in [6, 6.07) is 6.03. The van der Waals surface area contributed by atoms with Crippen molar-refractivity contribution in [1.82, 2.24) is 9.78 Å². The lowest BCUT2D eigenvalue weighted by molar-refractivity contribution is 0.0991. The van der Waals surface area contributed by atoms with Crippen LogP contribution in [0.3, 0.4) is 0 Å². The first-order valence-corrected chi connectivity index (χ1v) is 7.34. The predicted octanol–water partition coefficient (Wildman–Crippen LogP) is 2.43. The van der Waals surface area contributed by atoms with Crippen LogP contribution in [0.2, 0.25) is 0 Å². The number of hydrogen-bond donors (Lipinski definition) is 3. The Kier molecular flexibility index (Phi) is 4.77. The number of nitrogens with zero attached hydrogens (tertiary/aromatic N) is 2. The fourth-order valence-corrected chi connectivity index (χ4v) is 2.43. The molecular formula is C15H19N5OS. The molecule has 1 aromatic heterocycles. The zero-order chi connectivity index (χ0) is 16.3. The lowest BCUT2D eigenvalue weighted by Crippen LogP contribution is -2.23. The predicted molar refractivity (Wildman–Crippen MR) is 92.2 cm³/mol. The number of nitrogens with one attached hydrogen (secondary N) is 2. The number of hydrogen-bond acceptors (Lipinski definition) is 3. The van der Waals surface area contributed by atoms with Gasteiger partial charge in [-0.1, -0.05) is 17.7 Å². The number of amides is 1. The lowest BCUT2D eigenvalue weighted by Gasteiger charge is -2.13. The van der Waals surface area contributed by atoms with Gasteiger partial charge in [-0.05, 0) is 44.6 Å². The minimum Gasteiger partial charge on any atom is -0.364 e. The van der Waals surface area contributed by atoms with E-state index >= 15 is 0 Å². The minimum absolute atomic E-state index is 0.312. The van der Waals surface area contributed by atoms with Crippen molar-refractivity contribution in [3.05, 3.63) is 41.2 Å². The maximum atomic E-state index is 11.6. The summed E-state index contributed by atoms with van der Waals surface area (Å²) in [5, 5.41) is 10.6. The molecule has 0 fully saturated rings. The van der Waals surface area contributed by atoms with Gasteiger partial charge in [-0.3, -0.25) is 9.48 Å². The molecule has 1 aromatic carbocycles. The highest BCUT2D eigenvalue weighted by molar-refractivity contribution is 7.80. The van der Waals surface area contributed by atoms with Crippen LogP contribution in [-0.4, -0.2) is 20.8 Å². The van der Waals surface area contributed by atoms with Gasteiger partial charge >= 0.3 is 0 Å². The van der Waals surface area contributed by atoms with Gasteiger partial charge < -0.3 is 16.4 Å². The van der Waals surface area contributed by atoms with Gasteiger partial charge in [0.25, 0.3) is 5.91 Å². The Hall–Kier alpha value is -2.41. The molecule has 6 nitrogen and oxygen atoms in total. The first kappa shape index (κ1) is 16.0. The molecule has 22 heavy (non-hydrogen) atoms. The van der Waals surface area contributed by atoms with E-state index in [1.165, 1.54) is 10.2 Å². The van der Waals surface area contributed by atoms with Gasteiger partial charge in [0.1, 0.15) is 5.69 Å². The van der Waals surface area contributed by atoms with Crippen molar-refractivity contribution in [2.75, 3.05) is 10.6 Å². The number of aryl methyl sites for hydroxylation is 3. The zero-order valence-electron chi connectivity index (χ0n) is 12.8. The number of rotatable bonds is 4. The quantitative estimate of drug-likeness (QED) is 0.754. The number of aromatic nitrogens is 2. The van der Waals surface area contributed by atoms with Gasteiger partial charge in [0.2, 0.25) is 0 Å². The first-order chi connectivity index (χ1) is 10.4. The highest BCUT2D eigenvalue weighted by Gasteiger charge is 2.16. The summed E-state index contributed by atoms with van der Waals surface area (Å²) in [6.07, 6.45) is 1.54.